The molecule has 0 aromatic carbocycles. The lowest BCUT2D eigenvalue weighted by molar-refractivity contribution is 0.791. The van der Waals surface area contributed by atoms with Crippen molar-refractivity contribution in [2.45, 2.75) is 0 Å². The first-order valence-electron chi connectivity index (χ1n) is 0.785. The highest BCUT2D eigenvalue weighted by Gasteiger charge is 1.71. The molecular formula is CH4F2S. The molecule has 0 fully saturated rings. The fraction of sp³-hybridized carbons (Fsp3) is 1.00. The second kappa shape index (κ2) is 1.52. The van der Waals surface area contributed by atoms with Crippen LogP contribution in [-0.2, 0) is 0 Å². The van der Waals surface area contributed by atoms with Gasteiger partial charge in [0.25, 0.3) is 0 Å². The fourth-order valence-electron chi connectivity index (χ4n) is 0. The Kier molecular flexibility index (Phi) is 1.60. The number of hydrogen-bond acceptors (Lipinski definition) is 0. The average Bonchev–Trinajstić information content (AvgIpc) is 0.811. The standard InChI is InChI=1S/CH4F2S/c1-4(2)3/h4H,1H3. The predicted molar refractivity (Wildman–Crippen MR) is 17.1 cm³/mol. The Hall–Kier alpha value is 0.210. The van der Waals surface area contributed by atoms with Crippen molar-refractivity contribution < 1.29 is 7.77 Å². The lowest BCUT2D eigenvalue weighted by Gasteiger charge is -1.76. The van der Waals surface area contributed by atoms with Crippen molar-refractivity contribution in [1.82, 2.24) is 0 Å². The third-order valence-corrected chi connectivity index (χ3v) is 0. The fourth-order valence-corrected chi connectivity index (χ4v) is 0. The highest BCUT2D eigenvalue weighted by Crippen LogP contribution is 2.19. The van der Waals surface area contributed by atoms with Gasteiger partial charge in [-0.3, -0.25) is 0 Å². The summed E-state index contributed by atoms with van der Waals surface area (Å²) in [5, 5.41) is 0. The van der Waals surface area contributed by atoms with Gasteiger partial charge in [-0.15, -0.1) is 0 Å². The molecule has 28 valence electrons. The van der Waals surface area contributed by atoms with Crippen LogP contribution in [0, 0.1) is 0 Å². The van der Waals surface area contributed by atoms with Gasteiger partial charge >= 0.3 is 0 Å². The SMILES string of the molecule is C[SH](F)F. The summed E-state index contributed by atoms with van der Waals surface area (Å²) >= 11 is -2.62. The van der Waals surface area contributed by atoms with Crippen molar-refractivity contribution in [3.63, 3.8) is 0 Å². The Labute approximate surface area is 26.8 Å². The van der Waals surface area contributed by atoms with Gasteiger partial charge in [-0.25, -0.2) is 0 Å². The third-order valence-electron chi connectivity index (χ3n) is 0. The minimum atomic E-state index is -2.62. The van der Waals surface area contributed by atoms with Crippen LogP contribution in [0.25, 0.3) is 0 Å². The number of rotatable bonds is 0. The van der Waals surface area contributed by atoms with Gasteiger partial charge < -0.3 is 0 Å². The molecule has 0 aromatic rings. The van der Waals surface area contributed by atoms with Crippen LogP contribution in [-0.4, -0.2) is 6.26 Å². The molecule has 0 N–H and O–H groups in total. The highest BCUT2D eigenvalue weighted by molar-refractivity contribution is 8.07. The van der Waals surface area contributed by atoms with Crippen molar-refractivity contribution in [2.24, 2.45) is 0 Å². The maximum absolute atomic E-state index is 10.4. The van der Waals surface area contributed by atoms with E-state index in [-0.39, 0.29) is 0 Å². The molecule has 0 atom stereocenters. The quantitative estimate of drug-likeness (QED) is 0.423. The van der Waals surface area contributed by atoms with Crippen molar-refractivity contribution in [2.75, 3.05) is 6.26 Å². The summed E-state index contributed by atoms with van der Waals surface area (Å²) in [5.41, 5.74) is 0. The molecule has 4 heavy (non-hydrogen) atoms. The molecule has 0 aliphatic rings. The van der Waals surface area contributed by atoms with E-state index in [0.717, 1.165) is 6.26 Å². The Bertz CT molecular complexity index is 10.8. The lowest BCUT2D eigenvalue weighted by Crippen LogP contribution is -1.35. The first-order valence-corrected chi connectivity index (χ1v) is 2.36. The second-order valence-corrected chi connectivity index (χ2v) is 1.21. The van der Waals surface area contributed by atoms with Crippen molar-refractivity contribution >= 4 is 11.7 Å². The van der Waals surface area contributed by atoms with Crippen LogP contribution in [0.2, 0.25) is 0 Å². The molecule has 0 unspecified atom stereocenters. The van der Waals surface area contributed by atoms with Crippen LogP contribution < -0.4 is 0 Å². The highest BCUT2D eigenvalue weighted by atomic mass is 32.3. The first-order chi connectivity index (χ1) is 1.73. The lowest BCUT2D eigenvalue weighted by atomic mass is 12.0. The minimum absolute atomic E-state index is 0.898. The normalized spacial score (nSPS) is 11.2. The van der Waals surface area contributed by atoms with E-state index in [0.29, 0.717) is 0 Å². The largest absolute Gasteiger partial charge is 0.161 e. The zero-order valence-corrected chi connectivity index (χ0v) is 3.10. The van der Waals surface area contributed by atoms with Gasteiger partial charge in [-0.2, -0.15) is 7.77 Å². The summed E-state index contributed by atoms with van der Waals surface area (Å²) in [6.07, 6.45) is 0.898. The molecule has 0 saturated carbocycles. The molecule has 0 amide bonds. The predicted octanol–water partition coefficient (Wildman–Crippen LogP) is 1.39. The summed E-state index contributed by atoms with van der Waals surface area (Å²) in [6.45, 7) is 0. The Morgan fingerprint density at radius 3 is 1.50 bits per heavy atom. The summed E-state index contributed by atoms with van der Waals surface area (Å²) in [4.78, 5) is 0. The van der Waals surface area contributed by atoms with E-state index in [4.69, 9.17) is 0 Å². The molecule has 0 nitrogen and oxygen atoms in total. The third kappa shape index (κ3) is 73.4. The summed E-state index contributed by atoms with van der Waals surface area (Å²) < 4.78 is 20.8. The maximum atomic E-state index is 10.4. The van der Waals surface area contributed by atoms with E-state index in [1.807, 2.05) is 0 Å². The molecule has 0 radical (unpaired) electrons. The molecule has 3 heteroatoms. The average molecular weight is 86.1 g/mol. The monoisotopic (exact) mass is 86.0 g/mol. The van der Waals surface area contributed by atoms with Crippen LogP contribution >= 0.6 is 11.7 Å². The molecule has 0 aromatic heterocycles. The van der Waals surface area contributed by atoms with E-state index in [2.05, 4.69) is 0 Å². The minimum Gasteiger partial charge on any atom is -0.161 e. The molecule has 0 aliphatic carbocycles. The van der Waals surface area contributed by atoms with Crippen molar-refractivity contribution in [3.05, 3.63) is 0 Å². The maximum Gasteiger partial charge on any atom is 0.0436 e. The molecule has 0 heterocycles. The van der Waals surface area contributed by atoms with Crippen LogP contribution in [0.15, 0.2) is 0 Å². The molecule has 0 rings (SSSR count). The summed E-state index contributed by atoms with van der Waals surface area (Å²) in [7, 11) is 0. The molecule has 0 spiro atoms. The van der Waals surface area contributed by atoms with Crippen LogP contribution in [0.5, 0.6) is 0 Å². The van der Waals surface area contributed by atoms with E-state index >= 15 is 0 Å². The number of halogens is 2. The van der Waals surface area contributed by atoms with E-state index in [1.54, 1.807) is 0 Å². The first kappa shape index (κ1) is 4.21. The van der Waals surface area contributed by atoms with Gasteiger partial charge in [0.15, 0.2) is 0 Å². The van der Waals surface area contributed by atoms with Gasteiger partial charge in [0.2, 0.25) is 0 Å². The molecular weight excluding hydrogens is 82.1 g/mol. The Morgan fingerprint density at radius 2 is 1.50 bits per heavy atom. The summed E-state index contributed by atoms with van der Waals surface area (Å²) in [5.74, 6) is 0. The van der Waals surface area contributed by atoms with Gasteiger partial charge in [0.1, 0.15) is 0 Å². The number of thiol groups is 1. The van der Waals surface area contributed by atoms with Crippen molar-refractivity contribution in [3.8, 4) is 0 Å². The zero-order chi connectivity index (χ0) is 3.58. The van der Waals surface area contributed by atoms with E-state index in [1.165, 1.54) is 0 Å². The van der Waals surface area contributed by atoms with Crippen LogP contribution in [0.4, 0.5) is 7.77 Å². The van der Waals surface area contributed by atoms with E-state index < -0.39 is 11.7 Å². The number of hydrogen-bond donors (Lipinski definition) is 1. The van der Waals surface area contributed by atoms with Crippen molar-refractivity contribution in [1.29, 1.82) is 0 Å². The topological polar surface area (TPSA) is 0 Å². The van der Waals surface area contributed by atoms with Gasteiger partial charge in [0, 0.05) is 17.9 Å². The van der Waals surface area contributed by atoms with Gasteiger partial charge in [-0.1, -0.05) is 0 Å². The van der Waals surface area contributed by atoms with E-state index in [9.17, 15) is 7.77 Å². The van der Waals surface area contributed by atoms with Crippen LogP contribution in [0.1, 0.15) is 0 Å². The zero-order valence-electron chi connectivity index (χ0n) is 2.20. The molecule has 0 bridgehead atoms. The summed E-state index contributed by atoms with van der Waals surface area (Å²) in [6, 6.07) is 0. The van der Waals surface area contributed by atoms with Crippen LogP contribution in [0.3, 0.4) is 0 Å². The Morgan fingerprint density at radius 1 is 1.50 bits per heavy atom. The van der Waals surface area contributed by atoms with Gasteiger partial charge in [0.05, 0.1) is 0 Å². The molecule has 0 saturated heterocycles. The second-order valence-electron chi connectivity index (χ2n) is 0.402. The Balaban J connectivity index is 2.32. The van der Waals surface area contributed by atoms with Gasteiger partial charge in [-0.05, 0) is 0 Å². The molecule has 0 aliphatic heterocycles. The smallest absolute Gasteiger partial charge is 0.0436 e.